The van der Waals surface area contributed by atoms with Crippen LogP contribution < -0.4 is 15.4 Å². The van der Waals surface area contributed by atoms with Gasteiger partial charge < -0.3 is 15.4 Å². The lowest BCUT2D eigenvalue weighted by Gasteiger charge is -2.31. The molecule has 2 aliphatic carbocycles. The lowest BCUT2D eigenvalue weighted by molar-refractivity contribution is -0.135. The van der Waals surface area contributed by atoms with Crippen molar-refractivity contribution in [3.8, 4) is 5.75 Å². The lowest BCUT2D eigenvalue weighted by atomic mass is 9.78. The summed E-state index contributed by atoms with van der Waals surface area (Å²) in [6, 6.07) is 7.60. The van der Waals surface area contributed by atoms with Crippen LogP contribution in [0.1, 0.15) is 63.4 Å². The third-order valence-electron chi connectivity index (χ3n) is 7.14. The van der Waals surface area contributed by atoms with Crippen molar-refractivity contribution in [1.29, 1.82) is 0 Å². The van der Waals surface area contributed by atoms with Crippen LogP contribution in [0, 0.1) is 0 Å². The smallest absolute Gasteiger partial charge is 0.325 e. The Hall–Kier alpha value is -2.57. The van der Waals surface area contributed by atoms with Gasteiger partial charge in [-0.3, -0.25) is 14.5 Å². The van der Waals surface area contributed by atoms with Gasteiger partial charge in [0.15, 0.2) is 0 Å². The van der Waals surface area contributed by atoms with E-state index in [1.165, 1.54) is 5.56 Å². The fourth-order valence-corrected chi connectivity index (χ4v) is 5.35. The molecule has 0 radical (unpaired) electrons. The minimum Gasteiger partial charge on any atom is -0.497 e. The Morgan fingerprint density at radius 2 is 1.67 bits per heavy atom. The molecule has 7 heteroatoms. The van der Waals surface area contributed by atoms with Crippen LogP contribution in [-0.4, -0.2) is 48.5 Å². The topological polar surface area (TPSA) is 87.7 Å². The van der Waals surface area contributed by atoms with Gasteiger partial charge in [-0.25, -0.2) is 4.79 Å². The van der Waals surface area contributed by atoms with Gasteiger partial charge in [-0.15, -0.1) is 0 Å². The van der Waals surface area contributed by atoms with E-state index in [0.717, 1.165) is 55.6 Å². The number of methoxy groups -OCH3 is 1. The monoisotopic (exact) mass is 413 g/mol. The average molecular weight is 414 g/mol. The number of nitrogens with zero attached hydrogens (tertiary/aromatic N) is 1. The maximum absolute atomic E-state index is 12.9. The molecule has 1 saturated heterocycles. The fourth-order valence-electron chi connectivity index (χ4n) is 5.35. The van der Waals surface area contributed by atoms with Crippen molar-refractivity contribution in [3.63, 3.8) is 0 Å². The standard InChI is InChI=1S/C23H31N3O4/c1-30-18-9-7-17(8-10-18)22(11-5-6-12-22)16-24-19(27)15-26-20(28)23(25-21(26)29)13-3-2-4-14-23/h7-10H,2-6,11-16H2,1H3,(H,24,27)(H,25,29). The molecule has 2 N–H and O–H groups in total. The Morgan fingerprint density at radius 1 is 1.03 bits per heavy atom. The lowest BCUT2D eigenvalue weighted by Crippen LogP contribution is -2.49. The summed E-state index contributed by atoms with van der Waals surface area (Å²) in [7, 11) is 1.65. The van der Waals surface area contributed by atoms with Crippen LogP contribution in [0.3, 0.4) is 0 Å². The second kappa shape index (κ2) is 8.28. The van der Waals surface area contributed by atoms with Gasteiger partial charge in [0.05, 0.1) is 7.11 Å². The van der Waals surface area contributed by atoms with Gasteiger partial charge in [0.1, 0.15) is 17.8 Å². The summed E-state index contributed by atoms with van der Waals surface area (Å²) >= 11 is 0. The fraction of sp³-hybridized carbons (Fsp3) is 0.609. The zero-order valence-corrected chi connectivity index (χ0v) is 17.7. The number of ether oxygens (including phenoxy) is 1. The van der Waals surface area contributed by atoms with E-state index < -0.39 is 11.6 Å². The number of carbonyl (C=O) groups excluding carboxylic acids is 3. The Bertz CT molecular complexity index is 808. The summed E-state index contributed by atoms with van der Waals surface area (Å²) in [5.41, 5.74) is 0.298. The van der Waals surface area contributed by atoms with Crippen LogP contribution in [0.15, 0.2) is 24.3 Å². The van der Waals surface area contributed by atoms with Gasteiger partial charge in [0, 0.05) is 12.0 Å². The van der Waals surface area contributed by atoms with Crippen molar-refractivity contribution in [3.05, 3.63) is 29.8 Å². The van der Waals surface area contributed by atoms with Crippen molar-refractivity contribution in [2.75, 3.05) is 20.2 Å². The number of benzene rings is 1. The summed E-state index contributed by atoms with van der Waals surface area (Å²) in [5.74, 6) is 0.283. The Morgan fingerprint density at radius 3 is 2.30 bits per heavy atom. The predicted octanol–water partition coefficient (Wildman–Crippen LogP) is 2.88. The highest BCUT2D eigenvalue weighted by Crippen LogP contribution is 2.41. The average Bonchev–Trinajstić information content (AvgIpc) is 3.33. The molecular weight excluding hydrogens is 382 g/mol. The van der Waals surface area contributed by atoms with Gasteiger partial charge in [-0.1, -0.05) is 44.2 Å². The van der Waals surface area contributed by atoms with Gasteiger partial charge in [-0.2, -0.15) is 0 Å². The molecule has 0 aromatic heterocycles. The minimum absolute atomic E-state index is 0.107. The summed E-state index contributed by atoms with van der Waals surface area (Å²) in [6.45, 7) is 0.290. The Labute approximate surface area is 177 Å². The number of rotatable bonds is 6. The molecule has 1 aliphatic heterocycles. The van der Waals surface area contributed by atoms with Crippen molar-refractivity contribution in [2.24, 2.45) is 0 Å². The van der Waals surface area contributed by atoms with Crippen LogP contribution >= 0.6 is 0 Å². The summed E-state index contributed by atoms with van der Waals surface area (Å²) in [5, 5.41) is 5.87. The summed E-state index contributed by atoms with van der Waals surface area (Å²) in [6.07, 6.45) is 8.52. The van der Waals surface area contributed by atoms with E-state index in [1.807, 2.05) is 12.1 Å². The third-order valence-corrected chi connectivity index (χ3v) is 7.14. The van der Waals surface area contributed by atoms with Crippen molar-refractivity contribution >= 4 is 17.8 Å². The summed E-state index contributed by atoms with van der Waals surface area (Å²) in [4.78, 5) is 39.1. The first kappa shape index (κ1) is 20.7. The zero-order valence-electron chi connectivity index (χ0n) is 17.7. The first-order chi connectivity index (χ1) is 14.5. The molecule has 2 saturated carbocycles. The number of urea groups is 1. The normalized spacial score (nSPS) is 22.2. The highest BCUT2D eigenvalue weighted by molar-refractivity contribution is 6.09. The van der Waals surface area contributed by atoms with E-state index in [4.69, 9.17) is 4.74 Å². The maximum atomic E-state index is 12.9. The molecule has 0 atom stereocenters. The molecule has 3 fully saturated rings. The largest absolute Gasteiger partial charge is 0.497 e. The molecule has 4 amide bonds. The highest BCUT2D eigenvalue weighted by Gasteiger charge is 2.51. The number of hydrogen-bond donors (Lipinski definition) is 2. The SMILES string of the molecule is COc1ccc(C2(CNC(=O)CN3C(=O)NC4(CCCCC4)C3=O)CCCC2)cc1. The van der Waals surface area contributed by atoms with E-state index in [1.54, 1.807) is 7.11 Å². The molecule has 7 nitrogen and oxygen atoms in total. The molecule has 0 unspecified atom stereocenters. The van der Waals surface area contributed by atoms with Crippen LogP contribution in [0.5, 0.6) is 5.75 Å². The van der Waals surface area contributed by atoms with Gasteiger partial charge in [-0.05, 0) is 43.4 Å². The molecular formula is C23H31N3O4. The molecule has 1 heterocycles. The number of carbonyl (C=O) groups is 3. The molecule has 1 spiro atoms. The van der Waals surface area contributed by atoms with Gasteiger partial charge in [0.2, 0.25) is 5.91 Å². The molecule has 1 aromatic carbocycles. The van der Waals surface area contributed by atoms with Crippen molar-refractivity contribution in [2.45, 2.75) is 68.7 Å². The number of nitrogens with one attached hydrogen (secondary N) is 2. The number of amides is 4. The second-order valence-electron chi connectivity index (χ2n) is 8.96. The van der Waals surface area contributed by atoms with Crippen molar-refractivity contribution < 1.29 is 19.1 Å². The first-order valence-electron chi connectivity index (χ1n) is 11.0. The Kier molecular flexibility index (Phi) is 5.71. The summed E-state index contributed by atoms with van der Waals surface area (Å²) < 4.78 is 5.26. The van der Waals surface area contributed by atoms with E-state index in [0.29, 0.717) is 19.4 Å². The maximum Gasteiger partial charge on any atom is 0.325 e. The Balaban J connectivity index is 1.39. The molecule has 0 bridgehead atoms. The molecule has 162 valence electrons. The van der Waals surface area contributed by atoms with Crippen molar-refractivity contribution in [1.82, 2.24) is 15.5 Å². The van der Waals surface area contributed by atoms with Crippen LogP contribution in [0.2, 0.25) is 0 Å². The van der Waals surface area contributed by atoms with E-state index in [2.05, 4.69) is 22.8 Å². The van der Waals surface area contributed by atoms with E-state index in [-0.39, 0.29) is 23.8 Å². The number of hydrogen-bond acceptors (Lipinski definition) is 4. The van der Waals surface area contributed by atoms with Crippen LogP contribution in [0.25, 0.3) is 0 Å². The van der Waals surface area contributed by atoms with Gasteiger partial charge in [0.25, 0.3) is 5.91 Å². The van der Waals surface area contributed by atoms with Crippen LogP contribution in [-0.2, 0) is 15.0 Å². The molecule has 30 heavy (non-hydrogen) atoms. The van der Waals surface area contributed by atoms with Crippen LogP contribution in [0.4, 0.5) is 4.79 Å². The highest BCUT2D eigenvalue weighted by atomic mass is 16.5. The molecule has 1 aromatic rings. The first-order valence-corrected chi connectivity index (χ1v) is 11.0. The molecule has 4 rings (SSSR count). The van der Waals surface area contributed by atoms with E-state index in [9.17, 15) is 14.4 Å². The number of imide groups is 1. The third kappa shape index (κ3) is 3.77. The quantitative estimate of drug-likeness (QED) is 0.702. The minimum atomic E-state index is -0.786. The molecule has 3 aliphatic rings. The van der Waals surface area contributed by atoms with E-state index >= 15 is 0 Å². The van der Waals surface area contributed by atoms with Gasteiger partial charge >= 0.3 is 6.03 Å². The zero-order chi connectivity index (χ0) is 21.2. The second-order valence-corrected chi connectivity index (χ2v) is 8.96. The predicted molar refractivity (Wildman–Crippen MR) is 112 cm³/mol.